The highest BCUT2D eigenvalue weighted by Crippen LogP contribution is 2.08. The van der Waals surface area contributed by atoms with Crippen LogP contribution < -0.4 is 27.8 Å². The molecule has 10 heteroatoms. The van der Waals surface area contributed by atoms with Crippen LogP contribution in [-0.2, 0) is 27.2 Å². The third-order valence-corrected chi connectivity index (χ3v) is 5.12. The van der Waals surface area contributed by atoms with Crippen molar-refractivity contribution in [2.45, 2.75) is 43.8 Å². The second-order valence-corrected chi connectivity index (χ2v) is 7.90. The molecule has 2 aromatic rings. The van der Waals surface area contributed by atoms with Gasteiger partial charge in [-0.3, -0.25) is 14.6 Å². The standard InChI is InChI=1S/C24H32N6O4/c25-18(12-7-13-28-24(26)27)21(31)29-19(14-16-8-3-1-4-9-16)22(32)30-20(23(33)34)15-17-10-5-2-6-11-17/h1-6,8-11,18-20H,7,12-15,25H2,(H,29,31)(H,30,32)(H,33,34)(H4,26,27,28)/t18-,19-,20+/m0/s1. The summed E-state index contributed by atoms with van der Waals surface area (Å²) in [4.78, 5) is 41.4. The lowest BCUT2D eigenvalue weighted by molar-refractivity contribution is -0.142. The van der Waals surface area contributed by atoms with E-state index < -0.39 is 35.9 Å². The van der Waals surface area contributed by atoms with E-state index >= 15 is 0 Å². The highest BCUT2D eigenvalue weighted by Gasteiger charge is 2.28. The number of guanidine groups is 1. The smallest absolute Gasteiger partial charge is 0.326 e. The van der Waals surface area contributed by atoms with Gasteiger partial charge in [-0.25, -0.2) is 4.79 Å². The number of nitrogens with one attached hydrogen (secondary N) is 2. The first-order valence-corrected chi connectivity index (χ1v) is 11.0. The van der Waals surface area contributed by atoms with Crippen molar-refractivity contribution in [3.8, 4) is 0 Å². The molecule has 0 radical (unpaired) electrons. The van der Waals surface area contributed by atoms with Crippen LogP contribution in [-0.4, -0.2) is 53.5 Å². The minimum atomic E-state index is -1.17. The van der Waals surface area contributed by atoms with Gasteiger partial charge in [0.05, 0.1) is 6.04 Å². The number of nitrogens with two attached hydrogens (primary N) is 3. The molecular formula is C24H32N6O4. The maximum absolute atomic E-state index is 13.1. The van der Waals surface area contributed by atoms with Gasteiger partial charge in [0.25, 0.3) is 0 Å². The molecule has 0 aliphatic heterocycles. The fourth-order valence-corrected chi connectivity index (χ4v) is 3.31. The predicted octanol–water partition coefficient (Wildman–Crippen LogP) is -0.0931. The van der Waals surface area contributed by atoms with Gasteiger partial charge in [0.1, 0.15) is 12.1 Å². The number of carbonyl (C=O) groups is 3. The number of hydrogen-bond acceptors (Lipinski definition) is 5. The molecule has 10 nitrogen and oxygen atoms in total. The third-order valence-electron chi connectivity index (χ3n) is 5.12. The largest absolute Gasteiger partial charge is 0.480 e. The Morgan fingerprint density at radius 1 is 0.824 bits per heavy atom. The van der Waals surface area contributed by atoms with Crippen LogP contribution in [0.2, 0.25) is 0 Å². The van der Waals surface area contributed by atoms with Gasteiger partial charge < -0.3 is 32.9 Å². The van der Waals surface area contributed by atoms with Crippen molar-refractivity contribution < 1.29 is 19.5 Å². The Labute approximate surface area is 198 Å². The van der Waals surface area contributed by atoms with Crippen LogP contribution in [0.25, 0.3) is 0 Å². The second-order valence-electron chi connectivity index (χ2n) is 7.90. The average molecular weight is 469 g/mol. The summed E-state index contributed by atoms with van der Waals surface area (Å²) in [5.74, 6) is -2.33. The van der Waals surface area contributed by atoms with E-state index in [0.29, 0.717) is 19.4 Å². The first-order valence-electron chi connectivity index (χ1n) is 11.0. The van der Waals surface area contributed by atoms with Crippen LogP contribution in [0.4, 0.5) is 0 Å². The average Bonchev–Trinajstić information content (AvgIpc) is 2.81. The Balaban J connectivity index is 2.08. The molecule has 2 rings (SSSR count). The van der Waals surface area contributed by atoms with Crippen LogP contribution in [0.3, 0.4) is 0 Å². The summed E-state index contributed by atoms with van der Waals surface area (Å²) in [6, 6.07) is 15.1. The molecule has 0 spiro atoms. The second kappa shape index (κ2) is 13.6. The van der Waals surface area contributed by atoms with Gasteiger partial charge >= 0.3 is 5.97 Å². The molecule has 0 heterocycles. The number of rotatable bonds is 13. The SMILES string of the molecule is NC(N)=NCCC[C@H](N)C(=O)N[C@@H](Cc1ccccc1)C(=O)N[C@H](Cc1ccccc1)C(=O)O. The number of aliphatic carboxylic acids is 1. The fraction of sp³-hybridized carbons (Fsp3) is 0.333. The zero-order valence-electron chi connectivity index (χ0n) is 18.9. The lowest BCUT2D eigenvalue weighted by atomic mass is 10.0. The van der Waals surface area contributed by atoms with E-state index in [1.54, 1.807) is 24.3 Å². The molecule has 34 heavy (non-hydrogen) atoms. The van der Waals surface area contributed by atoms with Crippen LogP contribution in [0.15, 0.2) is 65.7 Å². The monoisotopic (exact) mass is 468 g/mol. The van der Waals surface area contributed by atoms with E-state index in [9.17, 15) is 19.5 Å². The molecule has 0 aliphatic carbocycles. The first-order chi connectivity index (χ1) is 16.3. The minimum Gasteiger partial charge on any atom is -0.480 e. The van der Waals surface area contributed by atoms with Gasteiger partial charge in [-0.15, -0.1) is 0 Å². The van der Waals surface area contributed by atoms with Gasteiger partial charge in [0, 0.05) is 19.4 Å². The molecule has 0 fully saturated rings. The quantitative estimate of drug-likeness (QED) is 0.135. The number of nitrogens with zero attached hydrogens (tertiary/aromatic N) is 1. The van der Waals surface area contributed by atoms with Crippen LogP contribution in [0, 0.1) is 0 Å². The van der Waals surface area contributed by atoms with Crippen LogP contribution >= 0.6 is 0 Å². The summed E-state index contributed by atoms with van der Waals surface area (Å²) in [7, 11) is 0. The normalized spacial score (nSPS) is 13.2. The van der Waals surface area contributed by atoms with Gasteiger partial charge in [-0.1, -0.05) is 60.7 Å². The van der Waals surface area contributed by atoms with E-state index in [1.807, 2.05) is 36.4 Å². The Hall–Kier alpha value is -3.92. The van der Waals surface area contributed by atoms with E-state index in [1.165, 1.54) is 0 Å². The maximum atomic E-state index is 13.1. The number of amides is 2. The topological polar surface area (TPSA) is 186 Å². The molecule has 2 amide bonds. The minimum absolute atomic E-state index is 0.0406. The van der Waals surface area contributed by atoms with Crippen molar-refractivity contribution in [1.82, 2.24) is 10.6 Å². The molecule has 0 saturated carbocycles. The summed E-state index contributed by atoms with van der Waals surface area (Å²) in [5.41, 5.74) is 18.1. The summed E-state index contributed by atoms with van der Waals surface area (Å²) >= 11 is 0. The number of hydrogen-bond donors (Lipinski definition) is 6. The molecule has 9 N–H and O–H groups in total. The number of carboxylic acid groups (broad SMARTS) is 1. The Bertz CT molecular complexity index is 964. The van der Waals surface area contributed by atoms with E-state index in [2.05, 4.69) is 15.6 Å². The fourth-order valence-electron chi connectivity index (χ4n) is 3.31. The van der Waals surface area contributed by atoms with Crippen molar-refractivity contribution in [1.29, 1.82) is 0 Å². The Morgan fingerprint density at radius 3 is 1.82 bits per heavy atom. The van der Waals surface area contributed by atoms with E-state index in [0.717, 1.165) is 11.1 Å². The van der Waals surface area contributed by atoms with Gasteiger partial charge in [-0.2, -0.15) is 0 Å². The predicted molar refractivity (Wildman–Crippen MR) is 130 cm³/mol. The molecular weight excluding hydrogens is 436 g/mol. The van der Waals surface area contributed by atoms with Crippen molar-refractivity contribution in [2.75, 3.05) is 6.54 Å². The molecule has 2 aromatic carbocycles. The third kappa shape index (κ3) is 9.29. The summed E-state index contributed by atoms with van der Waals surface area (Å²) in [6.45, 7) is 0.330. The highest BCUT2D eigenvalue weighted by molar-refractivity contribution is 5.92. The van der Waals surface area contributed by atoms with Crippen molar-refractivity contribution in [3.63, 3.8) is 0 Å². The van der Waals surface area contributed by atoms with Crippen molar-refractivity contribution in [3.05, 3.63) is 71.8 Å². The Morgan fingerprint density at radius 2 is 1.32 bits per heavy atom. The van der Waals surface area contributed by atoms with Crippen molar-refractivity contribution >= 4 is 23.7 Å². The number of aliphatic imine (C=N–C) groups is 1. The van der Waals surface area contributed by atoms with Crippen LogP contribution in [0.5, 0.6) is 0 Å². The molecule has 0 saturated heterocycles. The van der Waals surface area contributed by atoms with Gasteiger partial charge in [0.15, 0.2) is 5.96 Å². The molecule has 182 valence electrons. The zero-order valence-corrected chi connectivity index (χ0v) is 18.9. The summed E-state index contributed by atoms with van der Waals surface area (Å²) in [6.07, 6.45) is 1.09. The first kappa shape index (κ1) is 26.3. The molecule has 0 bridgehead atoms. The number of carbonyl (C=O) groups excluding carboxylic acids is 2. The number of benzene rings is 2. The van der Waals surface area contributed by atoms with Crippen LogP contribution in [0.1, 0.15) is 24.0 Å². The molecule has 0 aliphatic rings. The van der Waals surface area contributed by atoms with E-state index in [-0.39, 0.29) is 18.8 Å². The number of carboxylic acids is 1. The van der Waals surface area contributed by atoms with Gasteiger partial charge in [-0.05, 0) is 24.0 Å². The summed E-state index contributed by atoms with van der Waals surface area (Å²) < 4.78 is 0. The Kier molecular flexibility index (Phi) is 10.5. The van der Waals surface area contributed by atoms with Crippen molar-refractivity contribution in [2.24, 2.45) is 22.2 Å². The summed E-state index contributed by atoms with van der Waals surface area (Å²) in [5, 5.41) is 14.9. The molecule has 0 aromatic heterocycles. The molecule has 3 atom stereocenters. The maximum Gasteiger partial charge on any atom is 0.326 e. The molecule has 0 unspecified atom stereocenters. The lowest BCUT2D eigenvalue weighted by Gasteiger charge is -2.23. The van der Waals surface area contributed by atoms with E-state index in [4.69, 9.17) is 17.2 Å². The lowest BCUT2D eigenvalue weighted by Crippen LogP contribution is -2.55. The van der Waals surface area contributed by atoms with Gasteiger partial charge in [0.2, 0.25) is 11.8 Å². The zero-order chi connectivity index (χ0) is 24.9. The highest BCUT2D eigenvalue weighted by atomic mass is 16.4.